The van der Waals surface area contributed by atoms with Crippen LogP contribution in [0.4, 0.5) is 5.69 Å². The highest BCUT2D eigenvalue weighted by Gasteiger charge is 1.97. The zero-order valence-electron chi connectivity index (χ0n) is 9.39. The Balaban J connectivity index is 2.02. The normalized spacial score (nSPS) is 10.6. The summed E-state index contributed by atoms with van der Waals surface area (Å²) in [7, 11) is -2.55. The van der Waals surface area contributed by atoms with Gasteiger partial charge in [0.2, 0.25) is 0 Å². The predicted molar refractivity (Wildman–Crippen MR) is 75.3 cm³/mol. The molecule has 1 N–H and O–H groups in total. The molecule has 18 heavy (non-hydrogen) atoms. The third-order valence-corrected chi connectivity index (χ3v) is 3.54. The van der Waals surface area contributed by atoms with Crippen LogP contribution in [0.1, 0.15) is 5.56 Å². The molecule has 0 aliphatic rings. The molecule has 0 heterocycles. The van der Waals surface area contributed by atoms with E-state index in [1.807, 2.05) is 24.3 Å². The van der Waals surface area contributed by atoms with Gasteiger partial charge >= 0.3 is 0 Å². The lowest BCUT2D eigenvalue weighted by Gasteiger charge is -2.06. The number of thiol groups is 1. The summed E-state index contributed by atoms with van der Waals surface area (Å²) in [6.07, 6.45) is 0. The van der Waals surface area contributed by atoms with Crippen LogP contribution in [-0.2, 0) is 17.2 Å². The zero-order chi connectivity index (χ0) is 13.0. The molecule has 0 saturated carbocycles. The summed E-state index contributed by atoms with van der Waals surface area (Å²) in [6.45, 7) is 0.677. The average Bonchev–Trinajstić information content (AvgIpc) is 2.37. The minimum Gasteiger partial charge on any atom is -0.381 e. The number of rotatable bonds is 4. The van der Waals surface area contributed by atoms with Crippen LogP contribution >= 0.6 is 15.9 Å². The second-order valence-corrected chi connectivity index (χ2v) is 5.61. The first-order chi connectivity index (χ1) is 8.65. The van der Waals surface area contributed by atoms with Crippen LogP contribution in [-0.4, -0.2) is 8.42 Å². The molecule has 0 amide bonds. The van der Waals surface area contributed by atoms with Crippen molar-refractivity contribution in [3.8, 4) is 0 Å². The fourth-order valence-electron chi connectivity index (χ4n) is 1.49. The van der Waals surface area contributed by atoms with E-state index in [4.69, 9.17) is 0 Å². The summed E-state index contributed by atoms with van der Waals surface area (Å²) in [5.41, 5.74) is 1.99. The highest BCUT2D eigenvalue weighted by Crippen LogP contribution is 2.14. The van der Waals surface area contributed by atoms with E-state index < -0.39 is 10.7 Å². The molecular formula is C13H11BrNO2S. The number of benzene rings is 2. The molecule has 3 nitrogen and oxygen atoms in total. The molecule has 0 aliphatic heterocycles. The monoisotopic (exact) mass is 324 g/mol. The lowest BCUT2D eigenvalue weighted by atomic mass is 10.2. The average molecular weight is 325 g/mol. The van der Waals surface area contributed by atoms with Gasteiger partial charge in [-0.3, -0.25) is 0 Å². The van der Waals surface area contributed by atoms with Gasteiger partial charge in [-0.25, -0.2) is 8.42 Å². The minimum atomic E-state index is -2.55. The van der Waals surface area contributed by atoms with Crippen LogP contribution in [0.3, 0.4) is 0 Å². The SMILES string of the molecule is O=[SH](=O)c1[c]cc(NCc2cccc(Br)c2)cc1. The van der Waals surface area contributed by atoms with E-state index in [9.17, 15) is 8.42 Å². The van der Waals surface area contributed by atoms with Crippen molar-refractivity contribution in [2.75, 3.05) is 5.32 Å². The number of hydrogen-bond donors (Lipinski definition) is 2. The van der Waals surface area contributed by atoms with Crippen molar-refractivity contribution >= 4 is 32.3 Å². The topological polar surface area (TPSA) is 46.2 Å². The zero-order valence-corrected chi connectivity index (χ0v) is 11.9. The van der Waals surface area contributed by atoms with E-state index in [-0.39, 0.29) is 4.90 Å². The van der Waals surface area contributed by atoms with Gasteiger partial charge in [-0.1, -0.05) is 28.1 Å². The molecule has 2 aromatic rings. The Kier molecular flexibility index (Phi) is 4.38. The van der Waals surface area contributed by atoms with Crippen LogP contribution in [0.25, 0.3) is 0 Å². The lowest BCUT2D eigenvalue weighted by Crippen LogP contribution is -1.99. The largest absolute Gasteiger partial charge is 0.381 e. The first-order valence-corrected chi connectivity index (χ1v) is 7.26. The molecule has 0 saturated heterocycles. The maximum atomic E-state index is 10.7. The van der Waals surface area contributed by atoms with E-state index in [0.717, 1.165) is 15.7 Å². The van der Waals surface area contributed by atoms with Gasteiger partial charge in [-0.15, -0.1) is 0 Å². The minimum absolute atomic E-state index is 0.206. The number of hydrogen-bond acceptors (Lipinski definition) is 3. The molecule has 0 atom stereocenters. The third kappa shape index (κ3) is 3.58. The lowest BCUT2D eigenvalue weighted by molar-refractivity contribution is 0.614. The van der Waals surface area contributed by atoms with Gasteiger partial charge in [0, 0.05) is 22.8 Å². The standard InChI is InChI=1S/C13H11BrNO2S/c14-11-3-1-2-10(8-11)9-15-12-4-6-13(7-5-12)18(16)17/h1-6,8,15,18H,9H2. The highest BCUT2D eigenvalue weighted by atomic mass is 79.9. The Morgan fingerprint density at radius 1 is 1.22 bits per heavy atom. The molecule has 2 aromatic carbocycles. The van der Waals surface area contributed by atoms with Crippen LogP contribution in [0.2, 0.25) is 0 Å². The summed E-state index contributed by atoms with van der Waals surface area (Å²) in [5, 5.41) is 3.21. The van der Waals surface area contributed by atoms with Crippen LogP contribution < -0.4 is 5.32 Å². The van der Waals surface area contributed by atoms with Crippen LogP contribution in [0.15, 0.2) is 51.8 Å². The molecule has 0 fully saturated rings. The summed E-state index contributed by atoms with van der Waals surface area (Å²) in [6, 6.07) is 15.6. The van der Waals surface area contributed by atoms with Gasteiger partial charge in [0.05, 0.1) is 4.90 Å². The van der Waals surface area contributed by atoms with E-state index in [2.05, 4.69) is 27.3 Å². The van der Waals surface area contributed by atoms with E-state index in [1.54, 1.807) is 12.1 Å². The smallest absolute Gasteiger partial charge is 0.168 e. The second-order valence-electron chi connectivity index (χ2n) is 3.70. The molecule has 93 valence electrons. The van der Waals surface area contributed by atoms with Crippen molar-refractivity contribution in [3.63, 3.8) is 0 Å². The van der Waals surface area contributed by atoms with Crippen molar-refractivity contribution in [2.45, 2.75) is 11.4 Å². The number of nitrogens with one attached hydrogen (secondary N) is 1. The number of halogens is 1. The van der Waals surface area contributed by atoms with E-state index in [0.29, 0.717) is 6.54 Å². The maximum absolute atomic E-state index is 10.7. The van der Waals surface area contributed by atoms with Crippen molar-refractivity contribution in [1.29, 1.82) is 0 Å². The van der Waals surface area contributed by atoms with Crippen LogP contribution in [0, 0.1) is 6.07 Å². The fraction of sp³-hybridized carbons (Fsp3) is 0.0769. The summed E-state index contributed by atoms with van der Waals surface area (Å²) >= 11 is 3.41. The van der Waals surface area contributed by atoms with Crippen molar-refractivity contribution in [2.24, 2.45) is 0 Å². The molecule has 0 unspecified atom stereocenters. The summed E-state index contributed by atoms with van der Waals surface area (Å²) in [4.78, 5) is 0.206. The Morgan fingerprint density at radius 3 is 2.67 bits per heavy atom. The fourth-order valence-corrected chi connectivity index (χ4v) is 2.30. The van der Waals surface area contributed by atoms with Gasteiger partial charge in [0.1, 0.15) is 0 Å². The van der Waals surface area contributed by atoms with Crippen molar-refractivity contribution in [1.82, 2.24) is 0 Å². The van der Waals surface area contributed by atoms with Gasteiger partial charge < -0.3 is 5.32 Å². The molecular weight excluding hydrogens is 314 g/mol. The van der Waals surface area contributed by atoms with Gasteiger partial charge in [-0.2, -0.15) is 0 Å². The van der Waals surface area contributed by atoms with E-state index >= 15 is 0 Å². The molecule has 0 aliphatic carbocycles. The molecule has 0 spiro atoms. The molecule has 0 aromatic heterocycles. The van der Waals surface area contributed by atoms with Gasteiger partial charge in [-0.05, 0) is 35.9 Å². The number of anilines is 1. The van der Waals surface area contributed by atoms with Crippen LogP contribution in [0.5, 0.6) is 0 Å². The molecule has 1 radical (unpaired) electrons. The second kappa shape index (κ2) is 6.02. The Bertz CT molecular complexity index is 601. The first-order valence-electron chi connectivity index (χ1n) is 5.29. The van der Waals surface area contributed by atoms with Gasteiger partial charge in [0.15, 0.2) is 10.7 Å². The van der Waals surface area contributed by atoms with Crippen molar-refractivity contribution in [3.05, 3.63) is 58.6 Å². The molecule has 2 rings (SSSR count). The predicted octanol–water partition coefficient (Wildman–Crippen LogP) is 2.83. The Morgan fingerprint density at radius 2 is 2.06 bits per heavy atom. The molecule has 5 heteroatoms. The maximum Gasteiger partial charge on any atom is 0.168 e. The quantitative estimate of drug-likeness (QED) is 0.850. The highest BCUT2D eigenvalue weighted by molar-refractivity contribution is 9.10. The van der Waals surface area contributed by atoms with Crippen molar-refractivity contribution < 1.29 is 8.42 Å². The summed E-state index contributed by atoms with van der Waals surface area (Å²) < 4.78 is 22.5. The summed E-state index contributed by atoms with van der Waals surface area (Å²) in [5.74, 6) is 0. The Labute approximate surface area is 116 Å². The first kappa shape index (κ1) is 13.1. The van der Waals surface area contributed by atoms with Gasteiger partial charge in [0.25, 0.3) is 0 Å². The Hall–Kier alpha value is -1.33. The molecule has 0 bridgehead atoms. The van der Waals surface area contributed by atoms with E-state index in [1.165, 1.54) is 6.07 Å². The third-order valence-electron chi connectivity index (χ3n) is 2.38.